The van der Waals surface area contributed by atoms with Crippen LogP contribution in [0.3, 0.4) is 0 Å². The van der Waals surface area contributed by atoms with Crippen LogP contribution in [0, 0.1) is 0 Å². The van der Waals surface area contributed by atoms with Crippen molar-refractivity contribution in [1.29, 1.82) is 0 Å². The van der Waals surface area contributed by atoms with Crippen molar-refractivity contribution in [2.24, 2.45) is 0 Å². The van der Waals surface area contributed by atoms with E-state index in [1.54, 1.807) is 18.2 Å². The first-order valence-corrected chi connectivity index (χ1v) is 6.41. The maximum Gasteiger partial charge on any atom is 0.335 e. The zero-order chi connectivity index (χ0) is 13.8. The van der Waals surface area contributed by atoms with E-state index in [1.165, 1.54) is 12.1 Å². The summed E-state index contributed by atoms with van der Waals surface area (Å²) >= 11 is 3.25. The molecule has 2 aromatic carbocycles. The van der Waals surface area contributed by atoms with Crippen molar-refractivity contribution in [2.75, 3.05) is 5.32 Å². The molecule has 0 atom stereocenters. The highest BCUT2D eigenvalue weighted by Gasteiger charge is 2.05. The molecule has 19 heavy (non-hydrogen) atoms. The molecule has 0 aliphatic rings. The van der Waals surface area contributed by atoms with Crippen LogP contribution in [0.5, 0.6) is 5.75 Å². The lowest BCUT2D eigenvalue weighted by Crippen LogP contribution is -2.01. The Morgan fingerprint density at radius 1 is 1.16 bits per heavy atom. The molecular formula is C14H12BrNO3. The van der Waals surface area contributed by atoms with Gasteiger partial charge in [-0.05, 0) is 46.3 Å². The molecule has 0 saturated carbocycles. The molecule has 3 N–H and O–H groups in total. The summed E-state index contributed by atoms with van der Waals surface area (Å²) in [7, 11) is 0. The van der Waals surface area contributed by atoms with Crippen LogP contribution in [0.2, 0.25) is 0 Å². The third kappa shape index (κ3) is 3.26. The Bertz CT molecular complexity index is 596. The Kier molecular flexibility index (Phi) is 4.06. The topological polar surface area (TPSA) is 69.6 Å². The summed E-state index contributed by atoms with van der Waals surface area (Å²) in [5.41, 5.74) is 1.80. The number of aromatic hydroxyl groups is 1. The van der Waals surface area contributed by atoms with Crippen molar-refractivity contribution in [2.45, 2.75) is 6.54 Å². The third-order valence-corrected chi connectivity index (χ3v) is 3.33. The standard InChI is InChI=1S/C14H12BrNO3/c15-12-3-1-2-10(13(12)17)8-16-11-6-4-9(5-7-11)14(18)19/h1-7,16-17H,8H2,(H,18,19). The first kappa shape index (κ1) is 13.4. The summed E-state index contributed by atoms with van der Waals surface area (Å²) in [5, 5.41) is 21.7. The Morgan fingerprint density at radius 2 is 1.84 bits per heavy atom. The molecule has 98 valence electrons. The highest BCUT2D eigenvalue weighted by molar-refractivity contribution is 9.10. The minimum absolute atomic E-state index is 0.206. The summed E-state index contributed by atoms with van der Waals surface area (Å²) in [6.07, 6.45) is 0. The van der Waals surface area contributed by atoms with Gasteiger partial charge < -0.3 is 15.5 Å². The van der Waals surface area contributed by atoms with E-state index >= 15 is 0 Å². The number of phenols is 1. The largest absolute Gasteiger partial charge is 0.506 e. The smallest absolute Gasteiger partial charge is 0.335 e. The molecule has 0 heterocycles. The van der Waals surface area contributed by atoms with Crippen molar-refractivity contribution in [3.63, 3.8) is 0 Å². The highest BCUT2D eigenvalue weighted by atomic mass is 79.9. The fraction of sp³-hybridized carbons (Fsp3) is 0.0714. The van der Waals surface area contributed by atoms with Crippen molar-refractivity contribution in [3.05, 3.63) is 58.1 Å². The Morgan fingerprint density at radius 3 is 2.47 bits per heavy atom. The number of carboxylic acid groups (broad SMARTS) is 1. The number of para-hydroxylation sites is 1. The second-order valence-electron chi connectivity index (χ2n) is 3.98. The summed E-state index contributed by atoms with van der Waals surface area (Å²) in [6, 6.07) is 11.9. The SMILES string of the molecule is O=C(O)c1ccc(NCc2cccc(Br)c2O)cc1. The number of aromatic carboxylic acids is 1. The Labute approximate surface area is 118 Å². The van der Waals surface area contributed by atoms with E-state index in [4.69, 9.17) is 5.11 Å². The average Bonchev–Trinajstić information content (AvgIpc) is 2.41. The van der Waals surface area contributed by atoms with Crippen molar-refractivity contribution in [3.8, 4) is 5.75 Å². The zero-order valence-corrected chi connectivity index (χ0v) is 11.5. The molecule has 0 radical (unpaired) electrons. The number of hydrogen-bond acceptors (Lipinski definition) is 3. The summed E-state index contributed by atoms with van der Waals surface area (Å²) < 4.78 is 0.646. The first-order chi connectivity index (χ1) is 9.08. The van der Waals surface area contributed by atoms with Gasteiger partial charge in [-0.1, -0.05) is 12.1 Å². The van der Waals surface area contributed by atoms with Gasteiger partial charge in [0.25, 0.3) is 0 Å². The zero-order valence-electron chi connectivity index (χ0n) is 9.93. The number of nitrogens with one attached hydrogen (secondary N) is 1. The molecule has 0 amide bonds. The van der Waals surface area contributed by atoms with Gasteiger partial charge >= 0.3 is 5.97 Å². The molecule has 4 nitrogen and oxygen atoms in total. The molecule has 0 unspecified atom stereocenters. The lowest BCUT2D eigenvalue weighted by atomic mass is 10.2. The molecule has 0 aliphatic carbocycles. The minimum Gasteiger partial charge on any atom is -0.506 e. The van der Waals surface area contributed by atoms with Crippen molar-refractivity contribution < 1.29 is 15.0 Å². The van der Waals surface area contributed by atoms with Crippen LogP contribution >= 0.6 is 15.9 Å². The Hall–Kier alpha value is -2.01. The molecule has 0 aliphatic heterocycles. The molecule has 0 saturated heterocycles. The van der Waals surface area contributed by atoms with E-state index in [0.29, 0.717) is 11.0 Å². The molecular weight excluding hydrogens is 310 g/mol. The van der Waals surface area contributed by atoms with E-state index in [9.17, 15) is 9.90 Å². The van der Waals surface area contributed by atoms with Gasteiger partial charge in [-0.3, -0.25) is 0 Å². The van der Waals surface area contributed by atoms with Crippen molar-refractivity contribution in [1.82, 2.24) is 0 Å². The normalized spacial score (nSPS) is 10.2. The second-order valence-corrected chi connectivity index (χ2v) is 4.84. The molecule has 0 spiro atoms. The maximum absolute atomic E-state index is 10.7. The molecule has 0 aromatic heterocycles. The first-order valence-electron chi connectivity index (χ1n) is 5.61. The number of carboxylic acids is 1. The van der Waals surface area contributed by atoms with Gasteiger partial charge in [-0.2, -0.15) is 0 Å². The summed E-state index contributed by atoms with van der Waals surface area (Å²) in [4.78, 5) is 10.7. The van der Waals surface area contributed by atoms with Gasteiger partial charge in [0.1, 0.15) is 5.75 Å². The molecule has 0 fully saturated rings. The minimum atomic E-state index is -0.948. The highest BCUT2D eigenvalue weighted by Crippen LogP contribution is 2.27. The lowest BCUT2D eigenvalue weighted by molar-refractivity contribution is 0.0697. The second kappa shape index (κ2) is 5.75. The number of phenolic OH excluding ortho intramolecular Hbond substituents is 1. The number of benzene rings is 2. The average molecular weight is 322 g/mol. The van der Waals surface area contributed by atoms with Crippen LogP contribution in [0.15, 0.2) is 46.9 Å². The van der Waals surface area contributed by atoms with Crippen LogP contribution < -0.4 is 5.32 Å². The van der Waals surface area contributed by atoms with E-state index in [0.717, 1.165) is 11.3 Å². The van der Waals surface area contributed by atoms with Gasteiger partial charge in [0, 0.05) is 17.8 Å². The van der Waals surface area contributed by atoms with Gasteiger partial charge in [0.15, 0.2) is 0 Å². The maximum atomic E-state index is 10.7. The molecule has 5 heteroatoms. The van der Waals surface area contributed by atoms with Crippen LogP contribution in [-0.2, 0) is 6.54 Å². The van der Waals surface area contributed by atoms with Crippen LogP contribution in [0.1, 0.15) is 15.9 Å². The van der Waals surface area contributed by atoms with Gasteiger partial charge in [0.05, 0.1) is 10.0 Å². The van der Waals surface area contributed by atoms with Gasteiger partial charge in [-0.25, -0.2) is 4.79 Å². The lowest BCUT2D eigenvalue weighted by Gasteiger charge is -2.09. The fourth-order valence-electron chi connectivity index (χ4n) is 1.63. The van der Waals surface area contributed by atoms with Crippen molar-refractivity contribution >= 4 is 27.6 Å². The number of rotatable bonds is 4. The van der Waals surface area contributed by atoms with Gasteiger partial charge in [-0.15, -0.1) is 0 Å². The van der Waals surface area contributed by atoms with E-state index in [2.05, 4.69) is 21.2 Å². The predicted octanol–water partition coefficient (Wildman–Crippen LogP) is 3.47. The van der Waals surface area contributed by atoms with Gasteiger partial charge in [0.2, 0.25) is 0 Å². The fourth-order valence-corrected chi connectivity index (χ4v) is 2.04. The van der Waals surface area contributed by atoms with E-state index < -0.39 is 5.97 Å². The molecule has 0 bridgehead atoms. The Balaban J connectivity index is 2.06. The quantitative estimate of drug-likeness (QED) is 0.806. The molecule has 2 aromatic rings. The van der Waals surface area contributed by atoms with Crippen LogP contribution in [-0.4, -0.2) is 16.2 Å². The third-order valence-electron chi connectivity index (χ3n) is 2.69. The summed E-state index contributed by atoms with van der Waals surface area (Å²) in [6.45, 7) is 0.456. The predicted molar refractivity (Wildman–Crippen MR) is 76.5 cm³/mol. The van der Waals surface area contributed by atoms with Crippen LogP contribution in [0.25, 0.3) is 0 Å². The number of carbonyl (C=O) groups is 1. The van der Waals surface area contributed by atoms with E-state index in [1.807, 2.05) is 12.1 Å². The van der Waals surface area contributed by atoms with Crippen LogP contribution in [0.4, 0.5) is 5.69 Å². The van der Waals surface area contributed by atoms with E-state index in [-0.39, 0.29) is 11.3 Å². The molecule has 2 rings (SSSR count). The summed E-state index contributed by atoms with van der Waals surface area (Å²) in [5.74, 6) is -0.742. The number of halogens is 1. The number of anilines is 1. The monoisotopic (exact) mass is 321 g/mol. The number of hydrogen-bond donors (Lipinski definition) is 3.